The summed E-state index contributed by atoms with van der Waals surface area (Å²) in [5.41, 5.74) is 1.86. The van der Waals surface area contributed by atoms with Crippen LogP contribution in [0.25, 0.3) is 22.0 Å². The zero-order valence-corrected chi connectivity index (χ0v) is 16.3. The Balaban J connectivity index is 1.86. The van der Waals surface area contributed by atoms with Gasteiger partial charge >= 0.3 is 6.18 Å². The summed E-state index contributed by atoms with van der Waals surface area (Å²) < 4.78 is 43.5. The number of methoxy groups -OCH3 is 1. The molecule has 1 aromatic heterocycles. The Hall–Kier alpha value is -2.73. The van der Waals surface area contributed by atoms with Gasteiger partial charge in [-0.05, 0) is 36.1 Å². The molecule has 0 unspecified atom stereocenters. The lowest BCUT2D eigenvalue weighted by molar-refractivity contribution is -0.137. The lowest BCUT2D eigenvalue weighted by atomic mass is 9.98. The van der Waals surface area contributed by atoms with Gasteiger partial charge in [0, 0.05) is 42.8 Å². The van der Waals surface area contributed by atoms with Crippen molar-refractivity contribution >= 4 is 16.7 Å². The lowest BCUT2D eigenvalue weighted by Crippen LogP contribution is -2.08. The van der Waals surface area contributed by atoms with E-state index in [0.29, 0.717) is 35.6 Å². The number of alkyl halides is 3. The fraction of sp³-hybridized carbons (Fsp3) is 0.304. The van der Waals surface area contributed by atoms with Crippen LogP contribution in [0.4, 0.5) is 13.2 Å². The van der Waals surface area contributed by atoms with E-state index in [0.717, 1.165) is 29.5 Å². The molecule has 0 aliphatic rings. The summed E-state index contributed by atoms with van der Waals surface area (Å²) in [5, 5.41) is 0.776. The SMILES string of the molecule is COC[C@@H](C)CCC(=O)c1cnc2c(-c3ccc(C(F)(F)F)cc3)cccc2c1. The monoisotopic (exact) mass is 401 g/mol. The first kappa shape index (κ1) is 21.0. The quantitative estimate of drug-likeness (QED) is 0.445. The van der Waals surface area contributed by atoms with Gasteiger partial charge in [-0.25, -0.2) is 0 Å². The molecule has 0 bridgehead atoms. The number of rotatable bonds is 7. The molecule has 6 heteroatoms. The number of carbonyl (C=O) groups is 1. The topological polar surface area (TPSA) is 39.2 Å². The zero-order valence-electron chi connectivity index (χ0n) is 16.3. The Labute approximate surface area is 167 Å². The van der Waals surface area contributed by atoms with Gasteiger partial charge in [0.2, 0.25) is 0 Å². The van der Waals surface area contributed by atoms with Crippen LogP contribution in [0, 0.1) is 5.92 Å². The highest BCUT2D eigenvalue weighted by atomic mass is 19.4. The number of nitrogens with zero attached hydrogens (tertiary/aromatic N) is 1. The number of halogens is 3. The van der Waals surface area contributed by atoms with Crippen molar-refractivity contribution in [3.05, 3.63) is 65.9 Å². The number of benzene rings is 2. The van der Waals surface area contributed by atoms with Crippen molar-refractivity contribution in [2.24, 2.45) is 5.92 Å². The van der Waals surface area contributed by atoms with E-state index in [9.17, 15) is 18.0 Å². The van der Waals surface area contributed by atoms with Gasteiger partial charge in [0.05, 0.1) is 11.1 Å². The molecule has 3 rings (SSSR count). The molecular formula is C23H22F3NO2. The molecule has 0 saturated heterocycles. The second-order valence-electron chi connectivity index (χ2n) is 7.20. The molecule has 3 aromatic rings. The predicted molar refractivity (Wildman–Crippen MR) is 107 cm³/mol. The number of carbonyl (C=O) groups excluding carboxylic acids is 1. The molecule has 2 aromatic carbocycles. The maximum atomic E-state index is 12.8. The third-order valence-corrected chi connectivity index (χ3v) is 4.87. The second-order valence-corrected chi connectivity index (χ2v) is 7.20. The summed E-state index contributed by atoms with van der Waals surface area (Å²) >= 11 is 0. The molecule has 0 saturated carbocycles. The van der Waals surface area contributed by atoms with Crippen molar-refractivity contribution < 1.29 is 22.7 Å². The first-order valence-electron chi connectivity index (χ1n) is 9.38. The summed E-state index contributed by atoms with van der Waals surface area (Å²) in [5.74, 6) is 0.311. The van der Waals surface area contributed by atoms with E-state index in [1.807, 2.05) is 25.1 Å². The number of hydrogen-bond donors (Lipinski definition) is 0. The number of para-hydroxylation sites is 1. The molecule has 0 spiro atoms. The molecule has 29 heavy (non-hydrogen) atoms. The summed E-state index contributed by atoms with van der Waals surface area (Å²) in [6.45, 7) is 2.64. The van der Waals surface area contributed by atoms with Crippen molar-refractivity contribution in [3.8, 4) is 11.1 Å². The zero-order chi connectivity index (χ0) is 21.0. The summed E-state index contributed by atoms with van der Waals surface area (Å²) in [6.07, 6.45) is -1.68. The Morgan fingerprint density at radius 3 is 2.52 bits per heavy atom. The van der Waals surface area contributed by atoms with Crippen LogP contribution in [-0.2, 0) is 10.9 Å². The predicted octanol–water partition coefficient (Wildman–Crippen LogP) is 6.17. The van der Waals surface area contributed by atoms with E-state index in [-0.39, 0.29) is 5.78 Å². The van der Waals surface area contributed by atoms with E-state index in [4.69, 9.17) is 4.74 Å². The van der Waals surface area contributed by atoms with E-state index in [1.165, 1.54) is 12.1 Å². The molecule has 0 amide bonds. The van der Waals surface area contributed by atoms with Crippen LogP contribution in [0.3, 0.4) is 0 Å². The Morgan fingerprint density at radius 2 is 1.86 bits per heavy atom. The van der Waals surface area contributed by atoms with Crippen LogP contribution >= 0.6 is 0 Å². The summed E-state index contributed by atoms with van der Waals surface area (Å²) in [6, 6.07) is 12.3. The van der Waals surface area contributed by atoms with Gasteiger partial charge in [-0.2, -0.15) is 13.2 Å². The van der Waals surface area contributed by atoms with Crippen molar-refractivity contribution in [2.45, 2.75) is 25.9 Å². The fourth-order valence-electron chi connectivity index (χ4n) is 3.27. The van der Waals surface area contributed by atoms with Crippen molar-refractivity contribution in [2.75, 3.05) is 13.7 Å². The minimum absolute atomic E-state index is 0.0160. The van der Waals surface area contributed by atoms with Crippen LogP contribution in [0.1, 0.15) is 35.7 Å². The summed E-state index contributed by atoms with van der Waals surface area (Å²) in [7, 11) is 1.64. The molecule has 152 valence electrons. The molecule has 0 aliphatic carbocycles. The third-order valence-electron chi connectivity index (χ3n) is 4.87. The highest BCUT2D eigenvalue weighted by Gasteiger charge is 2.30. The van der Waals surface area contributed by atoms with Gasteiger partial charge in [-0.15, -0.1) is 0 Å². The standard InChI is InChI=1S/C23H22F3NO2/c1-15(14-29-2)6-11-21(28)18-12-17-4-3-5-20(22(17)27-13-18)16-7-9-19(10-8-16)23(24,25)26/h3-5,7-10,12-13,15H,6,11,14H2,1-2H3/t15-/m0/s1. The van der Waals surface area contributed by atoms with Crippen molar-refractivity contribution in [3.63, 3.8) is 0 Å². The highest BCUT2D eigenvalue weighted by Crippen LogP contribution is 2.33. The van der Waals surface area contributed by atoms with Crippen molar-refractivity contribution in [1.29, 1.82) is 0 Å². The molecule has 1 heterocycles. The molecule has 0 fully saturated rings. The molecule has 0 radical (unpaired) electrons. The molecule has 0 N–H and O–H groups in total. The fourth-order valence-corrected chi connectivity index (χ4v) is 3.27. The Bertz CT molecular complexity index is 997. The molecule has 3 nitrogen and oxygen atoms in total. The smallest absolute Gasteiger partial charge is 0.384 e. The average molecular weight is 401 g/mol. The van der Waals surface area contributed by atoms with Gasteiger partial charge < -0.3 is 4.74 Å². The normalized spacial score (nSPS) is 12.9. The lowest BCUT2D eigenvalue weighted by Gasteiger charge is -2.11. The van der Waals surface area contributed by atoms with Gasteiger partial charge in [-0.3, -0.25) is 9.78 Å². The van der Waals surface area contributed by atoms with Crippen LogP contribution < -0.4 is 0 Å². The largest absolute Gasteiger partial charge is 0.416 e. The first-order chi connectivity index (χ1) is 13.8. The minimum atomic E-state index is -4.37. The maximum Gasteiger partial charge on any atom is 0.416 e. The van der Waals surface area contributed by atoms with Crippen LogP contribution in [-0.4, -0.2) is 24.5 Å². The van der Waals surface area contributed by atoms with E-state index in [1.54, 1.807) is 19.4 Å². The highest BCUT2D eigenvalue weighted by molar-refractivity contribution is 6.01. The molecular weight excluding hydrogens is 379 g/mol. The second kappa shape index (κ2) is 8.74. The van der Waals surface area contributed by atoms with E-state index in [2.05, 4.69) is 4.98 Å². The van der Waals surface area contributed by atoms with Gasteiger partial charge in [0.1, 0.15) is 0 Å². The number of Topliss-reactive ketones (excluding diaryl/α,β-unsaturated/α-hetero) is 1. The number of hydrogen-bond acceptors (Lipinski definition) is 3. The first-order valence-corrected chi connectivity index (χ1v) is 9.38. The van der Waals surface area contributed by atoms with Crippen molar-refractivity contribution in [1.82, 2.24) is 4.98 Å². The Morgan fingerprint density at radius 1 is 1.14 bits per heavy atom. The number of aromatic nitrogens is 1. The summed E-state index contributed by atoms with van der Waals surface area (Å²) in [4.78, 5) is 16.9. The Kier molecular flexibility index (Phi) is 6.33. The minimum Gasteiger partial charge on any atom is -0.384 e. The van der Waals surface area contributed by atoms with E-state index >= 15 is 0 Å². The van der Waals surface area contributed by atoms with Gasteiger partial charge in [-0.1, -0.05) is 37.3 Å². The van der Waals surface area contributed by atoms with Gasteiger partial charge in [0.15, 0.2) is 5.78 Å². The molecule has 1 atom stereocenters. The number of fused-ring (bicyclic) bond motifs is 1. The van der Waals surface area contributed by atoms with Crippen LogP contribution in [0.15, 0.2) is 54.7 Å². The number of pyridine rings is 1. The van der Waals surface area contributed by atoms with Crippen LogP contribution in [0.5, 0.6) is 0 Å². The number of ketones is 1. The number of ether oxygens (including phenoxy) is 1. The van der Waals surface area contributed by atoms with Gasteiger partial charge in [0.25, 0.3) is 0 Å². The van der Waals surface area contributed by atoms with E-state index < -0.39 is 11.7 Å². The average Bonchev–Trinajstić information content (AvgIpc) is 2.71. The molecule has 0 aliphatic heterocycles. The third kappa shape index (κ3) is 5.01. The maximum absolute atomic E-state index is 12.8. The van der Waals surface area contributed by atoms with Crippen LogP contribution in [0.2, 0.25) is 0 Å².